The van der Waals surface area contributed by atoms with Crippen LogP contribution in [0.2, 0.25) is 0 Å². The van der Waals surface area contributed by atoms with Gasteiger partial charge in [0.25, 0.3) is 0 Å². The number of aryl methyl sites for hydroxylation is 1. The van der Waals surface area contributed by atoms with Crippen LogP contribution < -0.4 is 16.6 Å². The number of aliphatic hydroxyl groups excluding tert-OH is 1. The molecule has 1 heterocycles. The number of hydrogen-bond acceptors (Lipinski definition) is 8. The van der Waals surface area contributed by atoms with Crippen molar-refractivity contribution < 1.29 is 15.0 Å². The second kappa shape index (κ2) is 9.71. The zero-order valence-electron chi connectivity index (χ0n) is 16.1. The summed E-state index contributed by atoms with van der Waals surface area (Å²) in [5, 5.41) is 25.3. The van der Waals surface area contributed by atoms with Crippen molar-refractivity contribution in [3.63, 3.8) is 0 Å². The maximum atomic E-state index is 9.78. The topological polar surface area (TPSA) is 148 Å². The number of rotatable bonds is 2. The van der Waals surface area contributed by atoms with Gasteiger partial charge in [-0.3, -0.25) is 9.93 Å². The fourth-order valence-electron chi connectivity index (χ4n) is 3.46. The molecular weight excluding hydrogens is 396 g/mol. The van der Waals surface area contributed by atoms with Crippen LogP contribution in [-0.2, 0) is 29.7 Å². The smallest absolute Gasteiger partial charge is 0.204 e. The molecule has 7 nitrogen and oxygen atoms in total. The van der Waals surface area contributed by atoms with E-state index in [1.807, 2.05) is 0 Å². The molecule has 0 spiro atoms. The lowest BCUT2D eigenvalue weighted by Crippen LogP contribution is -2.14. The number of thiazole rings is 1. The van der Waals surface area contributed by atoms with Crippen LogP contribution in [0.1, 0.15) is 60.1 Å². The molecule has 0 fully saturated rings. The van der Waals surface area contributed by atoms with E-state index in [0.717, 1.165) is 53.1 Å². The zero-order chi connectivity index (χ0) is 20.9. The normalized spacial score (nSPS) is 17.0. The molecular formula is C19H28N4O3S2. The average molecular weight is 425 g/mol. The number of carbonyl (C=O) groups excluding carboxylic acids is 1. The molecule has 0 saturated heterocycles. The van der Waals surface area contributed by atoms with Crippen LogP contribution in [-0.4, -0.2) is 21.6 Å². The summed E-state index contributed by atoms with van der Waals surface area (Å²) in [6, 6.07) is 2.19. The SMILES string of the molecule is CC(C)(O)c1ncc(SN)s1.NC=O.Nc1c2c(cc3c1CCC3O)CCC2. The summed E-state index contributed by atoms with van der Waals surface area (Å²) in [6.07, 6.45) is 6.95. The maximum Gasteiger partial charge on any atom is 0.204 e. The summed E-state index contributed by atoms with van der Waals surface area (Å²) in [5.41, 5.74) is 15.5. The first-order valence-corrected chi connectivity index (χ1v) is 10.7. The lowest BCUT2D eigenvalue weighted by molar-refractivity contribution is -0.106. The summed E-state index contributed by atoms with van der Waals surface area (Å²) in [5.74, 6) is 0. The standard InChI is InChI=1S/C12H15NO.C6H10N2OS2.CH3NO/c13-12-8-3-1-2-7(8)6-10-9(12)4-5-11(10)14;1-6(2,9)5-8-3-4(10-5)11-7;2-1-3/h6,11,14H,1-5,13H2;3,9H,7H2,1-2H3;1H,(H2,2,3). The Morgan fingerprint density at radius 2 is 2.00 bits per heavy atom. The molecule has 9 heteroatoms. The van der Waals surface area contributed by atoms with E-state index < -0.39 is 5.60 Å². The molecule has 8 N–H and O–H groups in total. The second-order valence-corrected chi connectivity index (χ2v) is 9.17. The summed E-state index contributed by atoms with van der Waals surface area (Å²) < 4.78 is 0.919. The van der Waals surface area contributed by atoms with E-state index in [2.05, 4.69) is 16.8 Å². The highest BCUT2D eigenvalue weighted by Gasteiger charge is 2.27. The predicted octanol–water partition coefficient (Wildman–Crippen LogP) is 2.17. The highest BCUT2D eigenvalue weighted by Crippen LogP contribution is 2.40. The largest absolute Gasteiger partial charge is 0.398 e. The van der Waals surface area contributed by atoms with Gasteiger partial charge in [0.1, 0.15) is 10.6 Å². The van der Waals surface area contributed by atoms with Gasteiger partial charge in [-0.15, -0.1) is 11.3 Å². The van der Waals surface area contributed by atoms with Gasteiger partial charge >= 0.3 is 0 Å². The Kier molecular flexibility index (Phi) is 7.85. The minimum atomic E-state index is -0.849. The molecule has 2 aliphatic rings. The van der Waals surface area contributed by atoms with Gasteiger partial charge in [0.15, 0.2) is 0 Å². The molecule has 1 amide bonds. The van der Waals surface area contributed by atoms with Crippen molar-refractivity contribution in [3.8, 4) is 0 Å². The Balaban J connectivity index is 0.000000181. The third-order valence-corrected chi connectivity index (χ3v) is 6.72. The summed E-state index contributed by atoms with van der Waals surface area (Å²) in [6.45, 7) is 3.41. The number of nitrogen functional groups attached to an aromatic ring is 1. The molecule has 2 aromatic rings. The number of anilines is 1. The number of nitrogens with zero attached hydrogens (tertiary/aromatic N) is 1. The third kappa shape index (κ3) is 5.24. The fraction of sp³-hybridized carbons (Fsp3) is 0.474. The van der Waals surface area contributed by atoms with Gasteiger partial charge in [-0.2, -0.15) is 0 Å². The van der Waals surface area contributed by atoms with Gasteiger partial charge in [-0.05, 0) is 80.2 Å². The van der Waals surface area contributed by atoms with E-state index in [9.17, 15) is 10.2 Å². The van der Waals surface area contributed by atoms with Crippen molar-refractivity contribution in [2.45, 2.75) is 61.9 Å². The predicted molar refractivity (Wildman–Crippen MR) is 114 cm³/mol. The van der Waals surface area contributed by atoms with E-state index in [4.69, 9.17) is 15.7 Å². The van der Waals surface area contributed by atoms with E-state index in [-0.39, 0.29) is 12.5 Å². The monoisotopic (exact) mass is 424 g/mol. The van der Waals surface area contributed by atoms with E-state index in [1.165, 1.54) is 34.4 Å². The zero-order valence-corrected chi connectivity index (χ0v) is 17.8. The molecule has 1 atom stereocenters. The Hall–Kier alpha value is -1.65. The van der Waals surface area contributed by atoms with Crippen molar-refractivity contribution in [1.29, 1.82) is 0 Å². The number of fused-ring (bicyclic) bond motifs is 2. The van der Waals surface area contributed by atoms with Crippen molar-refractivity contribution in [1.82, 2.24) is 4.98 Å². The number of aromatic nitrogens is 1. The van der Waals surface area contributed by atoms with Gasteiger partial charge < -0.3 is 21.7 Å². The number of carbonyl (C=O) groups is 1. The molecule has 2 aliphatic carbocycles. The van der Waals surface area contributed by atoms with Gasteiger partial charge in [0, 0.05) is 5.69 Å². The summed E-state index contributed by atoms with van der Waals surface area (Å²) >= 11 is 2.57. The van der Waals surface area contributed by atoms with E-state index in [1.54, 1.807) is 20.0 Å². The van der Waals surface area contributed by atoms with Gasteiger partial charge in [0.05, 0.1) is 16.5 Å². The first-order valence-electron chi connectivity index (χ1n) is 9.04. The first kappa shape index (κ1) is 22.6. The van der Waals surface area contributed by atoms with Crippen molar-refractivity contribution in [3.05, 3.63) is 39.5 Å². The summed E-state index contributed by atoms with van der Waals surface area (Å²) in [4.78, 5) is 12.6. The molecule has 0 bridgehead atoms. The Morgan fingerprint density at radius 3 is 2.54 bits per heavy atom. The minimum absolute atomic E-state index is 0.250. The van der Waals surface area contributed by atoms with Crippen molar-refractivity contribution in [2.24, 2.45) is 10.9 Å². The van der Waals surface area contributed by atoms with Gasteiger partial charge in [-0.1, -0.05) is 6.07 Å². The quantitative estimate of drug-likeness (QED) is 0.282. The fourth-order valence-corrected chi connectivity index (χ4v) is 4.65. The highest BCUT2D eigenvalue weighted by atomic mass is 32.2. The lowest BCUT2D eigenvalue weighted by Gasteiger charge is -2.11. The molecule has 1 aromatic carbocycles. The number of amides is 1. The molecule has 1 aromatic heterocycles. The molecule has 1 unspecified atom stereocenters. The lowest BCUT2D eigenvalue weighted by atomic mass is 9.99. The minimum Gasteiger partial charge on any atom is -0.398 e. The van der Waals surface area contributed by atoms with E-state index in [0.29, 0.717) is 5.01 Å². The van der Waals surface area contributed by atoms with E-state index >= 15 is 0 Å². The molecule has 0 saturated carbocycles. The van der Waals surface area contributed by atoms with Crippen LogP contribution >= 0.6 is 23.3 Å². The van der Waals surface area contributed by atoms with Gasteiger partial charge in [-0.25, -0.2) is 4.98 Å². The Morgan fingerprint density at radius 1 is 1.32 bits per heavy atom. The molecule has 28 heavy (non-hydrogen) atoms. The van der Waals surface area contributed by atoms with Crippen LogP contribution in [0.15, 0.2) is 16.5 Å². The number of aliphatic hydroxyl groups is 2. The highest BCUT2D eigenvalue weighted by molar-refractivity contribution is 7.99. The number of nitrogens with two attached hydrogens (primary N) is 3. The average Bonchev–Trinajstić information content (AvgIpc) is 3.36. The molecule has 0 radical (unpaired) electrons. The van der Waals surface area contributed by atoms with Crippen LogP contribution in [0.5, 0.6) is 0 Å². The first-order chi connectivity index (χ1) is 13.2. The third-order valence-electron chi connectivity index (χ3n) is 4.74. The number of primary amides is 1. The Labute approximate surface area is 173 Å². The van der Waals surface area contributed by atoms with Crippen LogP contribution in [0.3, 0.4) is 0 Å². The van der Waals surface area contributed by atoms with Crippen LogP contribution in [0.25, 0.3) is 0 Å². The number of hydrogen-bond donors (Lipinski definition) is 5. The molecule has 0 aliphatic heterocycles. The molecule has 154 valence electrons. The van der Waals surface area contributed by atoms with Gasteiger partial charge in [0.2, 0.25) is 6.41 Å². The van der Waals surface area contributed by atoms with Crippen molar-refractivity contribution >= 4 is 35.4 Å². The van der Waals surface area contributed by atoms with Crippen LogP contribution in [0, 0.1) is 0 Å². The summed E-state index contributed by atoms with van der Waals surface area (Å²) in [7, 11) is 0. The molecule has 4 rings (SSSR count). The maximum absolute atomic E-state index is 9.78. The van der Waals surface area contributed by atoms with Crippen LogP contribution in [0.4, 0.5) is 5.69 Å². The number of benzene rings is 1. The Bertz CT molecular complexity index is 818. The van der Waals surface area contributed by atoms with Crippen molar-refractivity contribution in [2.75, 3.05) is 5.73 Å². The second-order valence-electron chi connectivity index (χ2n) is 7.20.